The standard InChI is InChI=1S/C26H24Cl2N2O3/c1-26(2,3)25(32)29-20-9-7-14(27)10-18(20)19-12-16(33-5)13-22-23(19)24(31)17-8-6-15(28)11-21(17)30(22)4/h6-13H,1-5H3,(H,29,32). The molecule has 170 valence electrons. The predicted octanol–water partition coefficient (Wildman–Crippen LogP) is 6.66. The number of methoxy groups -OCH3 is 1. The van der Waals surface area contributed by atoms with Crippen LogP contribution in [-0.4, -0.2) is 17.6 Å². The molecule has 4 rings (SSSR count). The van der Waals surface area contributed by atoms with Crippen molar-refractivity contribution >= 4 is 56.6 Å². The number of anilines is 1. The Morgan fingerprint density at radius 3 is 2.27 bits per heavy atom. The molecule has 0 saturated carbocycles. The minimum absolute atomic E-state index is 0.138. The van der Waals surface area contributed by atoms with Crippen LogP contribution in [0.25, 0.3) is 32.9 Å². The first-order valence-corrected chi connectivity index (χ1v) is 11.2. The summed E-state index contributed by atoms with van der Waals surface area (Å²) in [4.78, 5) is 26.5. The van der Waals surface area contributed by atoms with Gasteiger partial charge in [-0.25, -0.2) is 0 Å². The monoisotopic (exact) mass is 482 g/mol. The highest BCUT2D eigenvalue weighted by Gasteiger charge is 2.24. The molecule has 33 heavy (non-hydrogen) atoms. The van der Waals surface area contributed by atoms with E-state index in [0.717, 1.165) is 0 Å². The molecule has 0 fully saturated rings. The Morgan fingerprint density at radius 1 is 0.939 bits per heavy atom. The van der Waals surface area contributed by atoms with E-state index in [9.17, 15) is 9.59 Å². The van der Waals surface area contributed by atoms with Crippen molar-refractivity contribution < 1.29 is 9.53 Å². The van der Waals surface area contributed by atoms with E-state index < -0.39 is 5.41 Å². The van der Waals surface area contributed by atoms with Crippen LogP contribution in [0.2, 0.25) is 10.0 Å². The molecule has 1 heterocycles. The van der Waals surface area contributed by atoms with Crippen LogP contribution in [-0.2, 0) is 11.8 Å². The number of rotatable bonds is 3. The zero-order valence-corrected chi connectivity index (χ0v) is 20.6. The highest BCUT2D eigenvalue weighted by atomic mass is 35.5. The van der Waals surface area contributed by atoms with Crippen molar-refractivity contribution in [1.29, 1.82) is 0 Å². The lowest BCUT2D eigenvalue weighted by Gasteiger charge is -2.21. The highest BCUT2D eigenvalue weighted by Crippen LogP contribution is 2.38. The molecule has 0 radical (unpaired) electrons. The van der Waals surface area contributed by atoms with Crippen molar-refractivity contribution in [3.8, 4) is 16.9 Å². The number of carbonyl (C=O) groups excluding carboxylic acids is 1. The number of halogens is 2. The second-order valence-electron chi connectivity index (χ2n) is 9.01. The number of pyridine rings is 1. The molecule has 0 aliphatic rings. The van der Waals surface area contributed by atoms with Crippen molar-refractivity contribution in [2.45, 2.75) is 20.8 Å². The summed E-state index contributed by atoms with van der Waals surface area (Å²) in [5.41, 5.74) is 2.47. The van der Waals surface area contributed by atoms with Crippen LogP contribution in [0.15, 0.2) is 53.3 Å². The molecule has 5 nitrogen and oxygen atoms in total. The summed E-state index contributed by atoms with van der Waals surface area (Å²) in [5.74, 6) is 0.424. The molecule has 0 saturated heterocycles. The maximum absolute atomic E-state index is 13.7. The van der Waals surface area contributed by atoms with E-state index in [-0.39, 0.29) is 11.3 Å². The number of carbonyl (C=O) groups is 1. The first-order valence-electron chi connectivity index (χ1n) is 10.4. The predicted molar refractivity (Wildman–Crippen MR) is 137 cm³/mol. The SMILES string of the molecule is COc1cc(-c2cc(Cl)ccc2NC(=O)C(C)(C)C)c2c(=O)c3ccc(Cl)cc3n(C)c2c1. The minimum Gasteiger partial charge on any atom is -0.497 e. The number of nitrogens with one attached hydrogen (secondary N) is 1. The van der Waals surface area contributed by atoms with Crippen LogP contribution in [0.5, 0.6) is 5.75 Å². The van der Waals surface area contributed by atoms with E-state index in [2.05, 4.69) is 5.32 Å². The molecule has 3 aromatic carbocycles. The smallest absolute Gasteiger partial charge is 0.229 e. The summed E-state index contributed by atoms with van der Waals surface area (Å²) in [7, 11) is 3.45. The molecule has 0 aliphatic carbocycles. The van der Waals surface area contributed by atoms with Crippen LogP contribution in [0, 0.1) is 5.41 Å². The van der Waals surface area contributed by atoms with Crippen molar-refractivity contribution in [3.05, 3.63) is 68.8 Å². The largest absolute Gasteiger partial charge is 0.497 e. The summed E-state index contributed by atoms with van der Waals surface area (Å²) < 4.78 is 7.48. The summed E-state index contributed by atoms with van der Waals surface area (Å²) in [5, 5.41) is 5.07. The molecule has 1 N–H and O–H groups in total. The number of hydrogen-bond acceptors (Lipinski definition) is 3. The van der Waals surface area contributed by atoms with Crippen LogP contribution in [0.1, 0.15) is 20.8 Å². The van der Waals surface area contributed by atoms with Gasteiger partial charge in [-0.3, -0.25) is 9.59 Å². The fourth-order valence-corrected chi connectivity index (χ4v) is 4.17. The Kier molecular flexibility index (Phi) is 5.89. The Labute approximate surface area is 201 Å². The topological polar surface area (TPSA) is 60.3 Å². The van der Waals surface area contributed by atoms with Gasteiger partial charge in [0.1, 0.15) is 5.75 Å². The van der Waals surface area contributed by atoms with E-state index in [0.29, 0.717) is 54.4 Å². The summed E-state index contributed by atoms with van der Waals surface area (Å²) in [6, 6.07) is 14.0. The minimum atomic E-state index is -0.598. The van der Waals surface area contributed by atoms with Crippen LogP contribution in [0.3, 0.4) is 0 Å². The Hall–Kier alpha value is -3.02. The second-order valence-corrected chi connectivity index (χ2v) is 9.89. The number of fused-ring (bicyclic) bond motifs is 2. The lowest BCUT2D eigenvalue weighted by atomic mass is 9.94. The molecular formula is C26H24Cl2N2O3. The molecule has 4 aromatic rings. The average molecular weight is 483 g/mol. The van der Waals surface area contributed by atoms with Gasteiger partial charge in [0.25, 0.3) is 0 Å². The fourth-order valence-electron chi connectivity index (χ4n) is 3.83. The van der Waals surface area contributed by atoms with Crippen molar-refractivity contribution in [2.24, 2.45) is 12.5 Å². The van der Waals surface area contributed by atoms with Gasteiger partial charge in [-0.05, 0) is 42.5 Å². The maximum Gasteiger partial charge on any atom is 0.229 e. The number of amides is 1. The van der Waals surface area contributed by atoms with Gasteiger partial charge in [-0.1, -0.05) is 44.0 Å². The Morgan fingerprint density at radius 2 is 1.61 bits per heavy atom. The first-order chi connectivity index (χ1) is 15.5. The maximum atomic E-state index is 13.7. The summed E-state index contributed by atoms with van der Waals surface area (Å²) >= 11 is 12.6. The van der Waals surface area contributed by atoms with Gasteiger partial charge in [-0.15, -0.1) is 0 Å². The normalized spacial score (nSPS) is 11.7. The number of aryl methyl sites for hydroxylation is 1. The summed E-state index contributed by atoms with van der Waals surface area (Å²) in [6.07, 6.45) is 0. The Balaban J connectivity index is 2.12. The molecule has 0 bridgehead atoms. The van der Waals surface area contributed by atoms with Gasteiger partial charge in [0.15, 0.2) is 5.43 Å². The van der Waals surface area contributed by atoms with Gasteiger partial charge in [0, 0.05) is 50.8 Å². The third-order valence-corrected chi connectivity index (χ3v) is 6.15. The van der Waals surface area contributed by atoms with Crippen molar-refractivity contribution in [2.75, 3.05) is 12.4 Å². The van der Waals surface area contributed by atoms with Gasteiger partial charge in [0.05, 0.1) is 23.5 Å². The lowest BCUT2D eigenvalue weighted by Crippen LogP contribution is -2.27. The first kappa shape index (κ1) is 23.1. The number of hydrogen-bond donors (Lipinski definition) is 1. The third-order valence-electron chi connectivity index (χ3n) is 5.68. The highest BCUT2D eigenvalue weighted by molar-refractivity contribution is 6.31. The fraction of sp³-hybridized carbons (Fsp3) is 0.231. The second kappa shape index (κ2) is 8.40. The molecule has 0 unspecified atom stereocenters. The number of benzene rings is 3. The lowest BCUT2D eigenvalue weighted by molar-refractivity contribution is -0.123. The van der Waals surface area contributed by atoms with E-state index >= 15 is 0 Å². The van der Waals surface area contributed by atoms with Crippen LogP contribution < -0.4 is 15.5 Å². The van der Waals surface area contributed by atoms with Gasteiger partial charge >= 0.3 is 0 Å². The molecule has 0 aliphatic heterocycles. The van der Waals surface area contributed by atoms with Gasteiger partial charge in [-0.2, -0.15) is 0 Å². The number of ether oxygens (including phenoxy) is 1. The molecule has 0 atom stereocenters. The van der Waals surface area contributed by atoms with Crippen molar-refractivity contribution in [1.82, 2.24) is 4.57 Å². The zero-order chi connectivity index (χ0) is 24.1. The number of nitrogens with zero attached hydrogens (tertiary/aromatic N) is 1. The van der Waals surface area contributed by atoms with Crippen molar-refractivity contribution in [3.63, 3.8) is 0 Å². The number of aromatic nitrogens is 1. The van der Waals surface area contributed by atoms with E-state index in [1.54, 1.807) is 49.6 Å². The quantitative estimate of drug-likeness (QED) is 0.332. The molecule has 1 amide bonds. The van der Waals surface area contributed by atoms with Gasteiger partial charge < -0.3 is 14.6 Å². The van der Waals surface area contributed by atoms with Gasteiger partial charge in [0.2, 0.25) is 5.91 Å². The molecule has 1 aromatic heterocycles. The van der Waals surface area contributed by atoms with Crippen LogP contribution >= 0.6 is 23.2 Å². The average Bonchev–Trinajstić information content (AvgIpc) is 2.77. The van der Waals surface area contributed by atoms with E-state index in [1.165, 1.54) is 0 Å². The zero-order valence-electron chi connectivity index (χ0n) is 19.0. The molecule has 0 spiro atoms. The van der Waals surface area contributed by atoms with E-state index in [4.69, 9.17) is 27.9 Å². The molecule has 7 heteroatoms. The third kappa shape index (κ3) is 4.19. The summed E-state index contributed by atoms with van der Waals surface area (Å²) in [6.45, 7) is 5.52. The van der Waals surface area contributed by atoms with Crippen LogP contribution in [0.4, 0.5) is 5.69 Å². The molecular weight excluding hydrogens is 459 g/mol. The van der Waals surface area contributed by atoms with E-state index in [1.807, 2.05) is 38.5 Å². The Bertz CT molecular complexity index is 1480.